The van der Waals surface area contributed by atoms with Gasteiger partial charge in [-0.2, -0.15) is 0 Å². The van der Waals surface area contributed by atoms with Crippen LogP contribution in [0, 0.1) is 0 Å². The first-order chi connectivity index (χ1) is 15.6. The zero-order chi connectivity index (χ0) is 24.6. The van der Waals surface area contributed by atoms with Gasteiger partial charge in [0.2, 0.25) is 21.8 Å². The lowest BCUT2D eigenvalue weighted by Gasteiger charge is -2.31. The summed E-state index contributed by atoms with van der Waals surface area (Å²) in [6, 6.07) is 13.8. The number of benzene rings is 2. The molecule has 9 heteroatoms. The predicted molar refractivity (Wildman–Crippen MR) is 135 cm³/mol. The Kier molecular flexibility index (Phi) is 9.91. The Morgan fingerprint density at radius 1 is 1.06 bits per heavy atom. The third-order valence-electron chi connectivity index (χ3n) is 5.27. The fourth-order valence-electron chi connectivity index (χ4n) is 3.32. The lowest BCUT2D eigenvalue weighted by atomic mass is 10.1. The van der Waals surface area contributed by atoms with E-state index in [1.54, 1.807) is 19.1 Å². The molecule has 0 aliphatic rings. The Labute approximate surface area is 205 Å². The fraction of sp³-hybridized carbons (Fsp3) is 0.417. The summed E-state index contributed by atoms with van der Waals surface area (Å²) in [4.78, 5) is 27.5. The molecule has 0 radical (unpaired) electrons. The van der Waals surface area contributed by atoms with Crippen molar-refractivity contribution in [3.8, 4) is 0 Å². The van der Waals surface area contributed by atoms with E-state index in [9.17, 15) is 18.0 Å². The van der Waals surface area contributed by atoms with Crippen molar-refractivity contribution >= 4 is 43.5 Å². The molecule has 0 spiro atoms. The summed E-state index contributed by atoms with van der Waals surface area (Å²) in [6.45, 7) is 5.89. The molecule has 0 heterocycles. The molecule has 1 atom stereocenters. The first kappa shape index (κ1) is 26.9. The second-order valence-electron chi connectivity index (χ2n) is 7.91. The van der Waals surface area contributed by atoms with Gasteiger partial charge in [0.05, 0.1) is 11.9 Å². The molecule has 1 N–H and O–H groups in total. The van der Waals surface area contributed by atoms with Gasteiger partial charge in [0.25, 0.3) is 0 Å². The number of carbonyl (C=O) groups is 2. The third kappa shape index (κ3) is 7.85. The highest BCUT2D eigenvalue weighted by atomic mass is 79.9. The summed E-state index contributed by atoms with van der Waals surface area (Å²) in [5.74, 6) is -0.738. The molecule has 7 nitrogen and oxygen atoms in total. The Balaban J connectivity index is 2.36. The molecule has 0 bridgehead atoms. The van der Waals surface area contributed by atoms with Crippen molar-refractivity contribution < 1.29 is 18.0 Å². The van der Waals surface area contributed by atoms with Gasteiger partial charge in [0.15, 0.2) is 0 Å². The van der Waals surface area contributed by atoms with Crippen LogP contribution in [0.1, 0.15) is 38.3 Å². The number of anilines is 1. The number of nitrogens with one attached hydrogen (secondary N) is 1. The topological polar surface area (TPSA) is 86.8 Å². The first-order valence-corrected chi connectivity index (χ1v) is 13.6. The molecule has 2 rings (SSSR count). The Morgan fingerprint density at radius 3 is 2.27 bits per heavy atom. The molecule has 0 saturated carbocycles. The highest BCUT2D eigenvalue weighted by Gasteiger charge is 2.30. The normalized spacial score (nSPS) is 12.2. The number of hydrogen-bond acceptors (Lipinski definition) is 4. The van der Waals surface area contributed by atoms with E-state index in [1.165, 1.54) is 4.90 Å². The number of sulfonamides is 1. The minimum absolute atomic E-state index is 0.172. The van der Waals surface area contributed by atoms with E-state index in [-0.39, 0.29) is 12.5 Å². The fourth-order valence-corrected chi connectivity index (χ4v) is 4.62. The van der Waals surface area contributed by atoms with Gasteiger partial charge in [-0.1, -0.05) is 54.0 Å². The summed E-state index contributed by atoms with van der Waals surface area (Å²) in [6.07, 6.45) is 2.67. The predicted octanol–water partition coefficient (Wildman–Crippen LogP) is 3.72. The van der Waals surface area contributed by atoms with E-state index in [1.807, 2.05) is 50.2 Å². The lowest BCUT2D eigenvalue weighted by Crippen LogP contribution is -2.51. The Hall–Kier alpha value is -2.39. The third-order valence-corrected chi connectivity index (χ3v) is 6.90. The average molecular weight is 539 g/mol. The number of aryl methyl sites for hydroxylation is 1. The van der Waals surface area contributed by atoms with Crippen molar-refractivity contribution in [1.82, 2.24) is 10.2 Å². The van der Waals surface area contributed by atoms with Crippen LogP contribution in [0.25, 0.3) is 0 Å². The number of amides is 2. The first-order valence-electron chi connectivity index (χ1n) is 10.9. The molecule has 0 saturated heterocycles. The van der Waals surface area contributed by atoms with Crippen LogP contribution in [0.3, 0.4) is 0 Å². The molecule has 180 valence electrons. The monoisotopic (exact) mass is 537 g/mol. The van der Waals surface area contributed by atoms with Crippen molar-refractivity contribution in [3.63, 3.8) is 0 Å². The standard InChI is InChI=1S/C24H32BrN3O4S/c1-5-14-26-24(30)18(3)27(16-20-8-7-9-21(25)15-20)23(29)17-28(33(4,31)32)22-12-10-19(6-2)11-13-22/h7-13,15,18H,5-6,14,16-17H2,1-4H3,(H,26,30)/t18-/m1/s1. The minimum Gasteiger partial charge on any atom is -0.354 e. The van der Waals surface area contributed by atoms with E-state index in [2.05, 4.69) is 21.2 Å². The molecule has 0 aliphatic carbocycles. The molecule has 0 unspecified atom stereocenters. The van der Waals surface area contributed by atoms with Crippen LogP contribution >= 0.6 is 15.9 Å². The van der Waals surface area contributed by atoms with Gasteiger partial charge in [-0.05, 0) is 55.2 Å². The molecular formula is C24H32BrN3O4S. The second-order valence-corrected chi connectivity index (χ2v) is 10.7. The smallest absolute Gasteiger partial charge is 0.244 e. The summed E-state index contributed by atoms with van der Waals surface area (Å²) >= 11 is 3.43. The highest BCUT2D eigenvalue weighted by molar-refractivity contribution is 9.10. The molecule has 2 amide bonds. The molecule has 0 aliphatic heterocycles. The maximum Gasteiger partial charge on any atom is 0.244 e. The van der Waals surface area contributed by atoms with Crippen molar-refractivity contribution in [3.05, 3.63) is 64.1 Å². The van der Waals surface area contributed by atoms with E-state index in [4.69, 9.17) is 0 Å². The van der Waals surface area contributed by atoms with Gasteiger partial charge in [-0.15, -0.1) is 0 Å². The summed E-state index contributed by atoms with van der Waals surface area (Å²) < 4.78 is 27.1. The van der Waals surface area contributed by atoms with Gasteiger partial charge in [-0.25, -0.2) is 8.42 Å². The molecular weight excluding hydrogens is 506 g/mol. The summed E-state index contributed by atoms with van der Waals surface area (Å²) in [7, 11) is -3.73. The average Bonchev–Trinajstić information content (AvgIpc) is 2.78. The van der Waals surface area contributed by atoms with Crippen molar-refractivity contribution in [2.75, 3.05) is 23.7 Å². The minimum atomic E-state index is -3.73. The van der Waals surface area contributed by atoms with Crippen LogP contribution in [0.4, 0.5) is 5.69 Å². The SMILES string of the molecule is CCCNC(=O)[C@@H](C)N(Cc1cccc(Br)c1)C(=O)CN(c1ccc(CC)cc1)S(C)(=O)=O. The second kappa shape index (κ2) is 12.2. The number of carbonyl (C=O) groups excluding carboxylic acids is 2. The van der Waals surface area contributed by atoms with E-state index in [0.29, 0.717) is 12.2 Å². The molecule has 33 heavy (non-hydrogen) atoms. The molecule has 0 aromatic heterocycles. The number of hydrogen-bond donors (Lipinski definition) is 1. The summed E-state index contributed by atoms with van der Waals surface area (Å²) in [5, 5.41) is 2.82. The highest BCUT2D eigenvalue weighted by Crippen LogP contribution is 2.21. The van der Waals surface area contributed by atoms with E-state index in [0.717, 1.165) is 39.0 Å². The number of rotatable bonds is 11. The maximum atomic E-state index is 13.4. The Bertz CT molecular complexity index is 1060. The molecule has 2 aromatic carbocycles. The molecule has 2 aromatic rings. The van der Waals surface area contributed by atoms with Gasteiger partial charge >= 0.3 is 0 Å². The zero-order valence-corrected chi connectivity index (χ0v) is 21.9. The maximum absolute atomic E-state index is 13.4. The van der Waals surface area contributed by atoms with E-state index >= 15 is 0 Å². The van der Waals surface area contributed by atoms with Crippen molar-refractivity contribution in [2.24, 2.45) is 0 Å². The number of halogens is 1. The lowest BCUT2D eigenvalue weighted by molar-refractivity contribution is -0.139. The molecule has 0 fully saturated rings. The van der Waals surface area contributed by atoms with Gasteiger partial charge in [0, 0.05) is 17.6 Å². The van der Waals surface area contributed by atoms with Gasteiger partial charge in [-0.3, -0.25) is 13.9 Å². The van der Waals surface area contributed by atoms with Crippen LogP contribution in [0.15, 0.2) is 53.0 Å². The van der Waals surface area contributed by atoms with Crippen LogP contribution < -0.4 is 9.62 Å². The van der Waals surface area contributed by atoms with Gasteiger partial charge in [0.1, 0.15) is 12.6 Å². The van der Waals surface area contributed by atoms with Crippen LogP contribution in [0.2, 0.25) is 0 Å². The van der Waals surface area contributed by atoms with Crippen molar-refractivity contribution in [1.29, 1.82) is 0 Å². The summed E-state index contributed by atoms with van der Waals surface area (Å²) in [5.41, 5.74) is 2.30. The van der Waals surface area contributed by atoms with Crippen LogP contribution in [0.5, 0.6) is 0 Å². The zero-order valence-electron chi connectivity index (χ0n) is 19.5. The largest absolute Gasteiger partial charge is 0.354 e. The van der Waals surface area contributed by atoms with E-state index < -0.39 is 28.5 Å². The van der Waals surface area contributed by atoms with Crippen LogP contribution in [-0.2, 0) is 32.6 Å². The van der Waals surface area contributed by atoms with Crippen LogP contribution in [-0.4, -0.2) is 50.5 Å². The Morgan fingerprint density at radius 2 is 1.73 bits per heavy atom. The quantitative estimate of drug-likeness (QED) is 0.473. The van der Waals surface area contributed by atoms with Crippen molar-refractivity contribution in [2.45, 2.75) is 46.2 Å². The van der Waals surface area contributed by atoms with Gasteiger partial charge < -0.3 is 10.2 Å². The number of nitrogens with zero attached hydrogens (tertiary/aromatic N) is 2.